The number of hydrogen-bond acceptors (Lipinski definition) is 4. The molecule has 0 atom stereocenters. The van der Waals surface area contributed by atoms with Gasteiger partial charge in [-0.1, -0.05) is 42.5 Å². The number of anilines is 1. The van der Waals surface area contributed by atoms with Crippen molar-refractivity contribution in [3.8, 4) is 17.3 Å². The van der Waals surface area contributed by atoms with Crippen molar-refractivity contribution in [2.24, 2.45) is 0 Å². The van der Waals surface area contributed by atoms with Gasteiger partial charge in [-0.3, -0.25) is 0 Å². The summed E-state index contributed by atoms with van der Waals surface area (Å²) in [5, 5.41) is 15.4. The lowest BCUT2D eigenvalue weighted by atomic mass is 10.1. The highest BCUT2D eigenvalue weighted by Gasteiger charge is 2.09. The maximum absolute atomic E-state index is 9.47. The van der Waals surface area contributed by atoms with E-state index in [1.807, 2.05) is 47.8 Å². The topological polar surface area (TPSA) is 48.7 Å². The second-order valence-electron chi connectivity index (χ2n) is 5.47. The predicted octanol–water partition coefficient (Wildman–Crippen LogP) is 5.40. The highest BCUT2D eigenvalue weighted by molar-refractivity contribution is 7.11. The molecular weight excluding hydrogens is 314 g/mol. The molecule has 118 valence electrons. The largest absolute Gasteiger partial charge is 0.360 e. The van der Waals surface area contributed by atoms with Gasteiger partial charge in [-0.2, -0.15) is 5.26 Å². The summed E-state index contributed by atoms with van der Waals surface area (Å²) >= 11 is 1.48. The van der Waals surface area contributed by atoms with Crippen LogP contribution in [0.2, 0.25) is 0 Å². The molecule has 1 heterocycles. The molecule has 4 heteroatoms. The summed E-state index contributed by atoms with van der Waals surface area (Å²) in [5.74, 6) is 0. The Labute approximate surface area is 145 Å². The van der Waals surface area contributed by atoms with E-state index in [1.54, 1.807) is 6.20 Å². The summed E-state index contributed by atoms with van der Waals surface area (Å²) in [7, 11) is 0. The van der Waals surface area contributed by atoms with Crippen LogP contribution in [-0.2, 0) is 0 Å². The molecule has 0 aliphatic heterocycles. The minimum Gasteiger partial charge on any atom is -0.360 e. The van der Waals surface area contributed by atoms with Crippen molar-refractivity contribution in [2.45, 2.75) is 13.8 Å². The molecular formula is C20H17N3S. The number of hydrogen-bond donors (Lipinski definition) is 1. The Morgan fingerprint density at radius 3 is 2.67 bits per heavy atom. The monoisotopic (exact) mass is 331 g/mol. The lowest BCUT2D eigenvalue weighted by Gasteiger charge is -2.08. The number of nitriles is 1. The maximum atomic E-state index is 9.47. The van der Waals surface area contributed by atoms with E-state index in [4.69, 9.17) is 0 Å². The van der Waals surface area contributed by atoms with Gasteiger partial charge in [-0.15, -0.1) is 11.3 Å². The molecule has 1 N–H and O–H groups in total. The molecule has 2 aromatic carbocycles. The molecule has 0 aliphatic carbocycles. The van der Waals surface area contributed by atoms with Crippen molar-refractivity contribution in [3.63, 3.8) is 0 Å². The fourth-order valence-electron chi connectivity index (χ4n) is 2.34. The van der Waals surface area contributed by atoms with Gasteiger partial charge < -0.3 is 5.32 Å². The third-order valence-corrected chi connectivity index (χ3v) is 4.78. The quantitative estimate of drug-likeness (QED) is 0.651. The number of thiazole rings is 1. The second-order valence-corrected chi connectivity index (χ2v) is 6.32. The number of nitrogens with one attached hydrogen (secondary N) is 1. The van der Waals surface area contributed by atoms with E-state index in [0.29, 0.717) is 10.6 Å². The predicted molar refractivity (Wildman–Crippen MR) is 101 cm³/mol. The Morgan fingerprint density at radius 2 is 1.92 bits per heavy atom. The van der Waals surface area contributed by atoms with Crippen molar-refractivity contribution in [1.82, 2.24) is 4.98 Å². The van der Waals surface area contributed by atoms with E-state index in [9.17, 15) is 5.26 Å². The number of benzene rings is 2. The highest BCUT2D eigenvalue weighted by Crippen LogP contribution is 2.26. The molecule has 3 rings (SSSR count). The summed E-state index contributed by atoms with van der Waals surface area (Å²) in [6, 6.07) is 18.3. The summed E-state index contributed by atoms with van der Waals surface area (Å²) in [5.41, 5.74) is 5.87. The van der Waals surface area contributed by atoms with Crippen LogP contribution in [0.3, 0.4) is 0 Å². The summed E-state index contributed by atoms with van der Waals surface area (Å²) in [4.78, 5) is 4.59. The first kappa shape index (κ1) is 16.0. The number of nitrogens with zero attached hydrogens (tertiary/aromatic N) is 2. The Kier molecular flexibility index (Phi) is 4.74. The first-order valence-corrected chi connectivity index (χ1v) is 8.51. The van der Waals surface area contributed by atoms with Crippen LogP contribution >= 0.6 is 11.3 Å². The lowest BCUT2D eigenvalue weighted by Crippen LogP contribution is -1.95. The van der Waals surface area contributed by atoms with Gasteiger partial charge in [0, 0.05) is 22.8 Å². The molecule has 1 aromatic heterocycles. The number of allylic oxidation sites excluding steroid dienone is 1. The van der Waals surface area contributed by atoms with Crippen molar-refractivity contribution in [3.05, 3.63) is 76.2 Å². The first-order valence-electron chi connectivity index (χ1n) is 7.63. The van der Waals surface area contributed by atoms with Crippen LogP contribution < -0.4 is 5.32 Å². The molecule has 0 saturated heterocycles. The van der Waals surface area contributed by atoms with Gasteiger partial charge in [0.1, 0.15) is 16.6 Å². The molecule has 0 spiro atoms. The van der Waals surface area contributed by atoms with E-state index < -0.39 is 0 Å². The van der Waals surface area contributed by atoms with Gasteiger partial charge in [-0.25, -0.2) is 4.98 Å². The maximum Gasteiger partial charge on any atom is 0.136 e. The van der Waals surface area contributed by atoms with Crippen LogP contribution in [0.4, 0.5) is 5.69 Å². The molecule has 3 aromatic rings. The van der Waals surface area contributed by atoms with E-state index in [0.717, 1.165) is 16.9 Å². The lowest BCUT2D eigenvalue weighted by molar-refractivity contribution is 1.33. The fraction of sp³-hybridized carbons (Fsp3) is 0.100. The van der Waals surface area contributed by atoms with Crippen LogP contribution in [0.5, 0.6) is 0 Å². The highest BCUT2D eigenvalue weighted by atomic mass is 32.1. The Bertz CT molecular complexity index is 918. The number of aromatic nitrogens is 1. The minimum absolute atomic E-state index is 0.531. The number of aryl methyl sites for hydroxylation is 1. The average molecular weight is 331 g/mol. The molecule has 0 unspecified atom stereocenters. The molecule has 0 bridgehead atoms. The summed E-state index contributed by atoms with van der Waals surface area (Å²) in [6.45, 7) is 4.14. The van der Waals surface area contributed by atoms with Crippen LogP contribution in [0, 0.1) is 25.2 Å². The Hall–Kier alpha value is -2.90. The zero-order chi connectivity index (χ0) is 16.9. The smallest absolute Gasteiger partial charge is 0.136 e. The van der Waals surface area contributed by atoms with Crippen molar-refractivity contribution < 1.29 is 0 Å². The molecule has 0 aliphatic rings. The molecule has 24 heavy (non-hydrogen) atoms. The Balaban J connectivity index is 1.86. The Morgan fingerprint density at radius 1 is 1.12 bits per heavy atom. The van der Waals surface area contributed by atoms with Crippen LogP contribution in [0.25, 0.3) is 16.8 Å². The first-order chi connectivity index (χ1) is 11.7. The van der Waals surface area contributed by atoms with E-state index in [-0.39, 0.29) is 0 Å². The third kappa shape index (κ3) is 3.37. The zero-order valence-corrected chi connectivity index (χ0v) is 14.4. The third-order valence-electron chi connectivity index (χ3n) is 3.90. The fourth-order valence-corrected chi connectivity index (χ4v) is 3.13. The standard InChI is InChI=1S/C20H17N3S/c1-14-7-6-10-18(15(14)2)22-12-17(11-21)20-23-19(13-24-20)16-8-4-3-5-9-16/h3-10,12-13,22H,1-2H3. The molecule has 0 saturated carbocycles. The van der Waals surface area contributed by atoms with E-state index >= 15 is 0 Å². The van der Waals surface area contributed by atoms with Crippen LogP contribution in [0.15, 0.2) is 60.1 Å². The molecule has 0 radical (unpaired) electrons. The molecule has 0 fully saturated rings. The molecule has 3 nitrogen and oxygen atoms in total. The summed E-state index contributed by atoms with van der Waals surface area (Å²) < 4.78 is 0. The van der Waals surface area contributed by atoms with Crippen molar-refractivity contribution in [1.29, 1.82) is 5.26 Å². The average Bonchev–Trinajstić information content (AvgIpc) is 3.10. The van der Waals surface area contributed by atoms with Gasteiger partial charge in [0.25, 0.3) is 0 Å². The summed E-state index contributed by atoms with van der Waals surface area (Å²) in [6.07, 6.45) is 1.73. The second kappa shape index (κ2) is 7.12. The van der Waals surface area contributed by atoms with Gasteiger partial charge in [-0.05, 0) is 31.0 Å². The number of rotatable bonds is 4. The zero-order valence-electron chi connectivity index (χ0n) is 13.6. The van der Waals surface area contributed by atoms with E-state index in [1.165, 1.54) is 22.5 Å². The van der Waals surface area contributed by atoms with Gasteiger partial charge >= 0.3 is 0 Å². The van der Waals surface area contributed by atoms with Crippen LogP contribution in [-0.4, -0.2) is 4.98 Å². The van der Waals surface area contributed by atoms with Gasteiger partial charge in [0.15, 0.2) is 0 Å². The van der Waals surface area contributed by atoms with Crippen molar-refractivity contribution in [2.75, 3.05) is 5.32 Å². The van der Waals surface area contributed by atoms with Crippen molar-refractivity contribution >= 4 is 22.6 Å². The van der Waals surface area contributed by atoms with Crippen LogP contribution in [0.1, 0.15) is 16.1 Å². The van der Waals surface area contributed by atoms with E-state index in [2.05, 4.69) is 36.3 Å². The van der Waals surface area contributed by atoms with Gasteiger partial charge in [0.2, 0.25) is 0 Å². The normalized spacial score (nSPS) is 11.1. The molecule has 0 amide bonds. The minimum atomic E-state index is 0.531. The SMILES string of the molecule is Cc1cccc(NC=C(C#N)c2nc(-c3ccccc3)cs2)c1C. The van der Waals surface area contributed by atoms with Gasteiger partial charge in [0.05, 0.1) is 5.69 Å².